The van der Waals surface area contributed by atoms with E-state index in [0.717, 1.165) is 16.2 Å². The number of anilines is 1. The SMILES string of the molecule is Cc1sc(C(=O)NC2CCC(C)C2C)cc1N. The van der Waals surface area contributed by atoms with Gasteiger partial charge in [-0.15, -0.1) is 11.3 Å². The van der Waals surface area contributed by atoms with Gasteiger partial charge in [0.2, 0.25) is 0 Å². The number of hydrogen-bond donors (Lipinski definition) is 2. The van der Waals surface area contributed by atoms with E-state index in [4.69, 9.17) is 5.73 Å². The lowest BCUT2D eigenvalue weighted by Gasteiger charge is -2.19. The topological polar surface area (TPSA) is 55.1 Å². The van der Waals surface area contributed by atoms with Gasteiger partial charge in [0, 0.05) is 16.6 Å². The van der Waals surface area contributed by atoms with E-state index in [2.05, 4.69) is 19.2 Å². The highest BCUT2D eigenvalue weighted by Crippen LogP contribution is 2.31. The van der Waals surface area contributed by atoms with Gasteiger partial charge in [0.25, 0.3) is 5.91 Å². The number of nitrogens with two attached hydrogens (primary N) is 1. The molecule has 3 atom stereocenters. The summed E-state index contributed by atoms with van der Waals surface area (Å²) in [6, 6.07) is 2.10. The zero-order valence-electron chi connectivity index (χ0n) is 10.6. The van der Waals surface area contributed by atoms with Crippen molar-refractivity contribution in [3.63, 3.8) is 0 Å². The molecule has 3 N–H and O–H groups in total. The van der Waals surface area contributed by atoms with Crippen molar-refractivity contribution in [2.45, 2.75) is 39.7 Å². The van der Waals surface area contributed by atoms with E-state index in [9.17, 15) is 4.79 Å². The first-order valence-electron chi connectivity index (χ1n) is 6.15. The van der Waals surface area contributed by atoms with E-state index in [1.165, 1.54) is 17.8 Å². The van der Waals surface area contributed by atoms with E-state index in [-0.39, 0.29) is 5.91 Å². The third-order valence-electron chi connectivity index (χ3n) is 3.96. The molecule has 3 nitrogen and oxygen atoms in total. The van der Waals surface area contributed by atoms with Crippen molar-refractivity contribution in [2.24, 2.45) is 11.8 Å². The van der Waals surface area contributed by atoms with Crippen LogP contribution < -0.4 is 11.1 Å². The standard InChI is InChI=1S/C13H20N2OS/c1-7-4-5-11(8(7)2)15-13(16)12-6-10(14)9(3)17-12/h6-8,11H,4-5,14H2,1-3H3,(H,15,16). The molecule has 3 unspecified atom stereocenters. The molecule has 0 bridgehead atoms. The zero-order valence-corrected chi connectivity index (χ0v) is 11.4. The van der Waals surface area contributed by atoms with Crippen LogP contribution in [0.3, 0.4) is 0 Å². The van der Waals surface area contributed by atoms with Gasteiger partial charge in [0.05, 0.1) is 4.88 Å². The van der Waals surface area contributed by atoms with Gasteiger partial charge in [-0.1, -0.05) is 13.8 Å². The first kappa shape index (κ1) is 12.4. The minimum absolute atomic E-state index is 0.0285. The number of rotatable bonds is 2. The molecule has 0 saturated heterocycles. The van der Waals surface area contributed by atoms with Crippen LogP contribution in [0.15, 0.2) is 6.07 Å². The number of amides is 1. The summed E-state index contributed by atoms with van der Waals surface area (Å²) in [7, 11) is 0. The highest BCUT2D eigenvalue weighted by atomic mass is 32.1. The summed E-state index contributed by atoms with van der Waals surface area (Å²) in [5.41, 5.74) is 6.48. The van der Waals surface area contributed by atoms with Crippen LogP contribution in [0.4, 0.5) is 5.69 Å². The molecule has 0 aromatic carbocycles. The first-order valence-corrected chi connectivity index (χ1v) is 6.97. The van der Waals surface area contributed by atoms with Crippen LogP contribution in [-0.2, 0) is 0 Å². The lowest BCUT2D eigenvalue weighted by Crippen LogP contribution is -2.36. The number of carbonyl (C=O) groups is 1. The van der Waals surface area contributed by atoms with Crippen LogP contribution in [0.1, 0.15) is 41.2 Å². The average Bonchev–Trinajstić information content (AvgIpc) is 2.77. The van der Waals surface area contributed by atoms with Crippen molar-refractivity contribution in [3.8, 4) is 0 Å². The quantitative estimate of drug-likeness (QED) is 0.850. The number of thiophene rings is 1. The Morgan fingerprint density at radius 3 is 2.65 bits per heavy atom. The van der Waals surface area contributed by atoms with Crippen molar-refractivity contribution in [1.29, 1.82) is 0 Å². The van der Waals surface area contributed by atoms with Gasteiger partial charge in [-0.05, 0) is 37.7 Å². The van der Waals surface area contributed by atoms with Crippen LogP contribution in [0.25, 0.3) is 0 Å². The molecule has 1 amide bonds. The van der Waals surface area contributed by atoms with E-state index < -0.39 is 0 Å². The Kier molecular flexibility index (Phi) is 3.43. The molecule has 17 heavy (non-hydrogen) atoms. The van der Waals surface area contributed by atoms with Gasteiger partial charge in [-0.25, -0.2) is 0 Å². The molecule has 1 heterocycles. The summed E-state index contributed by atoms with van der Waals surface area (Å²) in [5.74, 6) is 1.30. The van der Waals surface area contributed by atoms with Crippen molar-refractivity contribution in [3.05, 3.63) is 15.8 Å². The van der Waals surface area contributed by atoms with Gasteiger partial charge in [-0.2, -0.15) is 0 Å². The normalized spacial score (nSPS) is 28.3. The average molecular weight is 252 g/mol. The maximum atomic E-state index is 12.1. The lowest BCUT2D eigenvalue weighted by atomic mass is 9.98. The Morgan fingerprint density at radius 1 is 1.47 bits per heavy atom. The highest BCUT2D eigenvalue weighted by molar-refractivity contribution is 7.14. The fourth-order valence-electron chi connectivity index (χ4n) is 2.42. The molecular weight excluding hydrogens is 232 g/mol. The molecule has 1 saturated carbocycles. The smallest absolute Gasteiger partial charge is 0.261 e. The van der Waals surface area contributed by atoms with Crippen molar-refractivity contribution >= 4 is 22.9 Å². The van der Waals surface area contributed by atoms with Crippen LogP contribution >= 0.6 is 11.3 Å². The van der Waals surface area contributed by atoms with Gasteiger partial charge in [-0.3, -0.25) is 4.79 Å². The summed E-state index contributed by atoms with van der Waals surface area (Å²) in [6.45, 7) is 6.41. The Morgan fingerprint density at radius 2 is 2.18 bits per heavy atom. The van der Waals surface area contributed by atoms with Gasteiger partial charge >= 0.3 is 0 Å². The molecular formula is C13H20N2OS. The molecule has 0 spiro atoms. The Labute approximate surface area is 106 Å². The molecule has 2 rings (SSSR count). The van der Waals surface area contributed by atoms with Crippen molar-refractivity contribution in [1.82, 2.24) is 5.32 Å². The predicted octanol–water partition coefficient (Wildman–Crippen LogP) is 2.80. The van der Waals surface area contributed by atoms with Crippen molar-refractivity contribution < 1.29 is 4.79 Å². The monoisotopic (exact) mass is 252 g/mol. The minimum atomic E-state index is 0.0285. The molecule has 1 aromatic rings. The Balaban J connectivity index is 2.02. The maximum absolute atomic E-state index is 12.1. The number of hydrogen-bond acceptors (Lipinski definition) is 3. The molecule has 1 aromatic heterocycles. The van der Waals surface area contributed by atoms with E-state index in [1.54, 1.807) is 6.07 Å². The molecule has 1 fully saturated rings. The predicted molar refractivity (Wildman–Crippen MR) is 72.3 cm³/mol. The molecule has 0 aliphatic heterocycles. The van der Waals surface area contributed by atoms with Gasteiger partial charge < -0.3 is 11.1 Å². The maximum Gasteiger partial charge on any atom is 0.261 e. The van der Waals surface area contributed by atoms with E-state index in [0.29, 0.717) is 23.6 Å². The molecule has 4 heteroatoms. The number of nitrogens with one attached hydrogen (secondary N) is 1. The van der Waals surface area contributed by atoms with E-state index >= 15 is 0 Å². The summed E-state index contributed by atoms with van der Waals surface area (Å²) in [4.78, 5) is 13.8. The molecule has 0 radical (unpaired) electrons. The fourth-order valence-corrected chi connectivity index (χ4v) is 3.26. The van der Waals surface area contributed by atoms with Gasteiger partial charge in [0.1, 0.15) is 0 Å². The third kappa shape index (κ3) is 2.46. The Hall–Kier alpha value is -1.03. The molecule has 94 valence electrons. The minimum Gasteiger partial charge on any atom is -0.398 e. The zero-order chi connectivity index (χ0) is 12.6. The highest BCUT2D eigenvalue weighted by Gasteiger charge is 2.31. The first-order chi connectivity index (χ1) is 7.99. The second-order valence-corrected chi connectivity index (χ2v) is 6.37. The summed E-state index contributed by atoms with van der Waals surface area (Å²) >= 11 is 1.47. The number of nitrogen functional groups attached to an aromatic ring is 1. The van der Waals surface area contributed by atoms with Gasteiger partial charge in [0.15, 0.2) is 0 Å². The number of aryl methyl sites for hydroxylation is 1. The second-order valence-electron chi connectivity index (χ2n) is 5.12. The van der Waals surface area contributed by atoms with Crippen LogP contribution in [-0.4, -0.2) is 11.9 Å². The molecule has 1 aliphatic carbocycles. The van der Waals surface area contributed by atoms with Crippen molar-refractivity contribution in [2.75, 3.05) is 5.73 Å². The van der Waals surface area contributed by atoms with Crippen LogP contribution in [0, 0.1) is 18.8 Å². The Bertz CT molecular complexity index is 408. The van der Waals surface area contributed by atoms with Crippen LogP contribution in [0.5, 0.6) is 0 Å². The van der Waals surface area contributed by atoms with Crippen LogP contribution in [0.2, 0.25) is 0 Å². The molecule has 1 aliphatic rings. The number of carbonyl (C=O) groups excluding carboxylic acids is 1. The second kappa shape index (κ2) is 4.69. The fraction of sp³-hybridized carbons (Fsp3) is 0.615. The summed E-state index contributed by atoms with van der Waals surface area (Å²) < 4.78 is 0. The largest absolute Gasteiger partial charge is 0.398 e. The summed E-state index contributed by atoms with van der Waals surface area (Å²) in [5, 5.41) is 3.13. The van der Waals surface area contributed by atoms with E-state index in [1.807, 2.05) is 6.92 Å². The summed E-state index contributed by atoms with van der Waals surface area (Å²) in [6.07, 6.45) is 2.30. The lowest BCUT2D eigenvalue weighted by molar-refractivity contribution is 0.0931. The third-order valence-corrected chi connectivity index (χ3v) is 5.03.